The SMILES string of the molecule is CC(O)(C(=O)N1CCC(N2CCc3ncc(-c4cc(C(F)(F)F)c5c(N)ncnn45)cc3C2=O)C1)C(F)(F)F. The van der Waals surface area contributed by atoms with E-state index in [2.05, 4.69) is 15.1 Å². The Labute approximate surface area is 216 Å². The normalized spacial score (nSPS) is 19.9. The van der Waals surface area contributed by atoms with Gasteiger partial charge in [-0.3, -0.25) is 14.6 Å². The number of likely N-dealkylation sites (tertiary alicyclic amines) is 1. The van der Waals surface area contributed by atoms with E-state index in [9.17, 15) is 41.0 Å². The molecule has 0 bridgehead atoms. The number of nitrogen functional groups attached to an aromatic ring is 1. The van der Waals surface area contributed by atoms with Crippen LogP contribution in [0.3, 0.4) is 0 Å². The number of hydrogen-bond acceptors (Lipinski definition) is 7. The monoisotopic (exact) mass is 557 g/mol. The van der Waals surface area contributed by atoms with E-state index in [0.29, 0.717) is 12.6 Å². The van der Waals surface area contributed by atoms with Gasteiger partial charge >= 0.3 is 12.4 Å². The minimum Gasteiger partial charge on any atom is -0.382 e. The lowest BCUT2D eigenvalue weighted by molar-refractivity contribution is -0.249. The number of halogens is 6. The third kappa shape index (κ3) is 4.31. The zero-order chi connectivity index (χ0) is 28.5. The summed E-state index contributed by atoms with van der Waals surface area (Å²) in [4.78, 5) is 36.0. The highest BCUT2D eigenvalue weighted by atomic mass is 19.4. The van der Waals surface area contributed by atoms with Gasteiger partial charge in [0.15, 0.2) is 5.82 Å². The molecule has 3 aromatic heterocycles. The highest BCUT2D eigenvalue weighted by Gasteiger charge is 2.58. The van der Waals surface area contributed by atoms with E-state index in [1.54, 1.807) is 0 Å². The number of hydrogen-bond donors (Lipinski definition) is 2. The van der Waals surface area contributed by atoms with Gasteiger partial charge < -0.3 is 20.6 Å². The standard InChI is InChI=1S/C23H21F6N7O3/c1-21(39,23(27,28)29)20(38)34-4-2-12(9-34)35-5-3-15-13(19(35)37)6-11(8-31-15)16-7-14(22(24,25)26)17-18(30)32-10-33-36(16)17/h6-8,10,12,39H,2-5,9H2,1H3,(H2,30,32,33). The highest BCUT2D eigenvalue weighted by Crippen LogP contribution is 2.39. The molecule has 2 unspecified atom stereocenters. The first-order valence-corrected chi connectivity index (χ1v) is 11.7. The summed E-state index contributed by atoms with van der Waals surface area (Å²) in [5.74, 6) is -2.42. The van der Waals surface area contributed by atoms with Crippen LogP contribution in [0.4, 0.5) is 32.2 Å². The summed E-state index contributed by atoms with van der Waals surface area (Å²) in [6.07, 6.45) is -7.16. The van der Waals surface area contributed by atoms with Crippen molar-refractivity contribution in [2.45, 2.75) is 43.8 Å². The zero-order valence-corrected chi connectivity index (χ0v) is 20.2. The van der Waals surface area contributed by atoms with Crippen molar-refractivity contribution < 1.29 is 41.0 Å². The Kier molecular flexibility index (Phi) is 6.01. The van der Waals surface area contributed by atoms with Crippen LogP contribution in [0.1, 0.15) is 35.0 Å². The predicted molar refractivity (Wildman–Crippen MR) is 122 cm³/mol. The molecule has 3 N–H and O–H groups in total. The quantitative estimate of drug-likeness (QED) is 0.473. The number of pyridine rings is 1. The summed E-state index contributed by atoms with van der Waals surface area (Å²) in [7, 11) is 0. The van der Waals surface area contributed by atoms with Gasteiger partial charge in [0.25, 0.3) is 11.8 Å². The Bertz CT molecular complexity index is 1480. The minimum absolute atomic E-state index is 0.0290. The van der Waals surface area contributed by atoms with Gasteiger partial charge in [0.1, 0.15) is 11.8 Å². The molecule has 0 spiro atoms. The van der Waals surface area contributed by atoms with Gasteiger partial charge in [0.2, 0.25) is 5.60 Å². The van der Waals surface area contributed by atoms with Gasteiger partial charge in [-0.05, 0) is 25.5 Å². The van der Waals surface area contributed by atoms with E-state index < -0.39 is 46.9 Å². The van der Waals surface area contributed by atoms with Crippen molar-refractivity contribution in [1.82, 2.24) is 29.4 Å². The van der Waals surface area contributed by atoms with Gasteiger partial charge in [-0.15, -0.1) is 0 Å². The number of nitrogens with two attached hydrogens (primary N) is 1. The van der Waals surface area contributed by atoms with Crippen molar-refractivity contribution in [2.24, 2.45) is 0 Å². The number of anilines is 1. The second-order valence-corrected chi connectivity index (χ2v) is 9.58. The maximum absolute atomic E-state index is 13.7. The van der Waals surface area contributed by atoms with Crippen LogP contribution < -0.4 is 5.73 Å². The number of carbonyl (C=O) groups excluding carboxylic acids is 2. The fourth-order valence-electron chi connectivity index (χ4n) is 4.95. The van der Waals surface area contributed by atoms with Gasteiger partial charge in [0.05, 0.1) is 28.6 Å². The Hall–Kier alpha value is -3.95. The average molecular weight is 557 g/mol. The van der Waals surface area contributed by atoms with Gasteiger partial charge in [0, 0.05) is 37.8 Å². The first-order chi connectivity index (χ1) is 18.1. The smallest absolute Gasteiger partial charge is 0.382 e. The first-order valence-electron chi connectivity index (χ1n) is 11.7. The molecule has 0 radical (unpaired) electrons. The summed E-state index contributed by atoms with van der Waals surface area (Å²) in [6.45, 7) is 0.249. The van der Waals surface area contributed by atoms with E-state index in [4.69, 9.17) is 5.73 Å². The third-order valence-corrected chi connectivity index (χ3v) is 7.09. The zero-order valence-electron chi connectivity index (χ0n) is 20.2. The summed E-state index contributed by atoms with van der Waals surface area (Å²) in [6, 6.07) is 1.59. The molecule has 10 nitrogen and oxygen atoms in total. The summed E-state index contributed by atoms with van der Waals surface area (Å²) < 4.78 is 81.5. The summed E-state index contributed by atoms with van der Waals surface area (Å²) in [5.41, 5.74) is 1.24. The minimum atomic E-state index is -5.17. The maximum Gasteiger partial charge on any atom is 0.426 e. The molecule has 2 aliphatic rings. The number of fused-ring (bicyclic) bond motifs is 2. The van der Waals surface area contributed by atoms with Crippen LogP contribution in [0.5, 0.6) is 0 Å². The van der Waals surface area contributed by atoms with E-state index in [-0.39, 0.29) is 55.1 Å². The van der Waals surface area contributed by atoms with Crippen LogP contribution in [-0.4, -0.2) is 83.8 Å². The van der Waals surface area contributed by atoms with Crippen molar-refractivity contribution in [3.63, 3.8) is 0 Å². The Morgan fingerprint density at radius 1 is 1.13 bits per heavy atom. The van der Waals surface area contributed by atoms with Crippen LogP contribution in [0.15, 0.2) is 24.7 Å². The number of rotatable bonds is 3. The van der Waals surface area contributed by atoms with Gasteiger partial charge in [-0.2, -0.15) is 31.4 Å². The molecule has 39 heavy (non-hydrogen) atoms. The van der Waals surface area contributed by atoms with E-state index >= 15 is 0 Å². The Balaban J connectivity index is 1.44. The second-order valence-electron chi connectivity index (χ2n) is 9.58. The number of amides is 2. The molecular weight excluding hydrogens is 536 g/mol. The lowest BCUT2D eigenvalue weighted by Crippen LogP contribution is -2.56. The van der Waals surface area contributed by atoms with Gasteiger partial charge in [-0.1, -0.05) is 0 Å². The van der Waals surface area contributed by atoms with E-state index in [0.717, 1.165) is 21.8 Å². The van der Waals surface area contributed by atoms with Crippen molar-refractivity contribution in [2.75, 3.05) is 25.4 Å². The van der Waals surface area contributed by atoms with Crippen molar-refractivity contribution in [3.8, 4) is 11.3 Å². The Morgan fingerprint density at radius 2 is 1.85 bits per heavy atom. The third-order valence-electron chi connectivity index (χ3n) is 7.09. The Morgan fingerprint density at radius 3 is 2.51 bits per heavy atom. The van der Waals surface area contributed by atoms with Crippen molar-refractivity contribution >= 4 is 23.1 Å². The molecule has 2 atom stereocenters. The number of carbonyl (C=O) groups is 2. The molecule has 0 aromatic carbocycles. The second kappa shape index (κ2) is 8.79. The van der Waals surface area contributed by atoms with Crippen LogP contribution >= 0.6 is 0 Å². The first kappa shape index (κ1) is 26.6. The van der Waals surface area contributed by atoms with Crippen LogP contribution in [0, 0.1) is 0 Å². The van der Waals surface area contributed by atoms with E-state index in [1.807, 2.05) is 0 Å². The maximum atomic E-state index is 13.7. The van der Waals surface area contributed by atoms with E-state index in [1.165, 1.54) is 17.2 Å². The lowest BCUT2D eigenvalue weighted by Gasteiger charge is -2.34. The van der Waals surface area contributed by atoms with Crippen LogP contribution in [0.2, 0.25) is 0 Å². The molecule has 5 heterocycles. The number of alkyl halides is 6. The summed E-state index contributed by atoms with van der Waals surface area (Å²) >= 11 is 0. The highest BCUT2D eigenvalue weighted by molar-refractivity contribution is 5.98. The predicted octanol–water partition coefficient (Wildman–Crippen LogP) is 2.30. The van der Waals surface area contributed by atoms with Crippen molar-refractivity contribution in [3.05, 3.63) is 41.5 Å². The largest absolute Gasteiger partial charge is 0.426 e. The van der Waals surface area contributed by atoms with Crippen molar-refractivity contribution in [1.29, 1.82) is 0 Å². The molecule has 0 saturated carbocycles. The van der Waals surface area contributed by atoms with Crippen LogP contribution in [0.25, 0.3) is 16.8 Å². The number of nitrogens with zero attached hydrogens (tertiary/aromatic N) is 6. The molecule has 16 heteroatoms. The molecule has 1 saturated heterocycles. The van der Waals surface area contributed by atoms with Gasteiger partial charge in [-0.25, -0.2) is 9.50 Å². The molecule has 5 rings (SSSR count). The average Bonchev–Trinajstić information content (AvgIpc) is 3.49. The molecule has 3 aromatic rings. The van der Waals surface area contributed by atoms with Crippen LogP contribution in [-0.2, 0) is 17.4 Å². The lowest BCUT2D eigenvalue weighted by atomic mass is 10.00. The fourth-order valence-corrected chi connectivity index (χ4v) is 4.95. The fraction of sp³-hybridized carbons (Fsp3) is 0.435. The number of aliphatic hydroxyl groups is 1. The number of aromatic nitrogens is 4. The molecule has 0 aliphatic carbocycles. The molecule has 208 valence electrons. The topological polar surface area (TPSA) is 130 Å². The summed E-state index contributed by atoms with van der Waals surface area (Å²) in [5, 5.41) is 13.6. The molecule has 2 aliphatic heterocycles. The molecule has 1 fully saturated rings. The molecule has 2 amide bonds. The molecular formula is C23H21F6N7O3.